The van der Waals surface area contributed by atoms with Crippen LogP contribution in [0.3, 0.4) is 0 Å². The van der Waals surface area contributed by atoms with Crippen molar-refractivity contribution in [1.82, 2.24) is 15.5 Å². The van der Waals surface area contributed by atoms with Crippen LogP contribution >= 0.6 is 0 Å². The molecule has 0 radical (unpaired) electrons. The van der Waals surface area contributed by atoms with E-state index >= 15 is 0 Å². The highest BCUT2D eigenvalue weighted by Gasteiger charge is 2.31. The summed E-state index contributed by atoms with van der Waals surface area (Å²) >= 11 is 0. The molecule has 144 valence electrons. The first-order chi connectivity index (χ1) is 12.6. The van der Waals surface area contributed by atoms with E-state index in [2.05, 4.69) is 59.5 Å². The second kappa shape index (κ2) is 8.76. The van der Waals surface area contributed by atoms with E-state index in [9.17, 15) is 0 Å². The van der Waals surface area contributed by atoms with Gasteiger partial charge in [0.1, 0.15) is 5.75 Å². The summed E-state index contributed by atoms with van der Waals surface area (Å²) in [7, 11) is 1.84. The van der Waals surface area contributed by atoms with Gasteiger partial charge in [0.15, 0.2) is 5.96 Å². The number of nitrogens with one attached hydrogen (secondary N) is 2. The number of hydrogen-bond acceptors (Lipinski definition) is 3. The topological polar surface area (TPSA) is 48.9 Å². The summed E-state index contributed by atoms with van der Waals surface area (Å²) in [5, 5.41) is 7.07. The van der Waals surface area contributed by atoms with Gasteiger partial charge in [0.2, 0.25) is 0 Å². The Morgan fingerprint density at radius 3 is 2.69 bits per heavy atom. The molecule has 1 saturated heterocycles. The molecule has 0 aromatic heterocycles. The molecule has 5 heteroatoms. The molecule has 2 unspecified atom stereocenters. The fraction of sp³-hybridized carbons (Fsp3) is 0.667. The summed E-state index contributed by atoms with van der Waals surface area (Å²) in [5.41, 5.74) is 1.18. The van der Waals surface area contributed by atoms with Crippen molar-refractivity contribution in [3.05, 3.63) is 29.8 Å². The zero-order chi connectivity index (χ0) is 18.5. The molecule has 2 fully saturated rings. The Bertz CT molecular complexity index is 612. The van der Waals surface area contributed by atoms with Crippen molar-refractivity contribution in [2.24, 2.45) is 16.8 Å². The van der Waals surface area contributed by atoms with Crippen LogP contribution in [0.2, 0.25) is 0 Å². The molecule has 2 aliphatic rings. The molecule has 1 aromatic rings. The lowest BCUT2D eigenvalue weighted by Gasteiger charge is -2.22. The minimum atomic E-state index is 0.435. The van der Waals surface area contributed by atoms with E-state index in [1.54, 1.807) is 0 Å². The SMILES string of the molecule is CN=C(NCc1ccccc1OCC1CC1)NC1CN(C(C)C)CC1C. The Labute approximate surface area is 158 Å². The van der Waals surface area contributed by atoms with Gasteiger partial charge in [-0.05, 0) is 44.6 Å². The Hall–Kier alpha value is -1.75. The second-order valence-electron chi connectivity index (χ2n) is 8.06. The van der Waals surface area contributed by atoms with Crippen LogP contribution in [-0.2, 0) is 6.54 Å². The molecule has 1 heterocycles. The number of hydrogen-bond donors (Lipinski definition) is 2. The average molecular weight is 359 g/mol. The van der Waals surface area contributed by atoms with Gasteiger partial charge >= 0.3 is 0 Å². The average Bonchev–Trinajstić information content (AvgIpc) is 3.39. The van der Waals surface area contributed by atoms with E-state index in [0.29, 0.717) is 18.0 Å². The van der Waals surface area contributed by atoms with Gasteiger partial charge in [-0.3, -0.25) is 9.89 Å². The summed E-state index contributed by atoms with van der Waals surface area (Å²) < 4.78 is 6.01. The quantitative estimate of drug-likeness (QED) is 0.581. The van der Waals surface area contributed by atoms with E-state index < -0.39 is 0 Å². The van der Waals surface area contributed by atoms with Crippen LogP contribution in [-0.4, -0.2) is 49.7 Å². The maximum Gasteiger partial charge on any atom is 0.191 e. The Balaban J connectivity index is 1.53. The highest BCUT2D eigenvalue weighted by Crippen LogP contribution is 2.30. The smallest absolute Gasteiger partial charge is 0.191 e. The number of nitrogens with zero attached hydrogens (tertiary/aromatic N) is 2. The highest BCUT2D eigenvalue weighted by molar-refractivity contribution is 5.80. The molecule has 26 heavy (non-hydrogen) atoms. The summed E-state index contributed by atoms with van der Waals surface area (Å²) in [6.45, 7) is 10.6. The van der Waals surface area contributed by atoms with Gasteiger partial charge in [0.05, 0.1) is 6.61 Å². The number of aliphatic imine (C=N–C) groups is 1. The molecular formula is C21H34N4O. The molecule has 1 aliphatic heterocycles. The van der Waals surface area contributed by atoms with Crippen LogP contribution in [0.1, 0.15) is 39.2 Å². The fourth-order valence-corrected chi connectivity index (χ4v) is 3.45. The summed E-state index contributed by atoms with van der Waals surface area (Å²) in [5.74, 6) is 3.23. The molecule has 1 aromatic carbocycles. The molecule has 2 N–H and O–H groups in total. The molecule has 0 amide bonds. The zero-order valence-electron chi connectivity index (χ0n) is 16.7. The van der Waals surface area contributed by atoms with E-state index in [1.165, 1.54) is 18.4 Å². The summed E-state index contributed by atoms with van der Waals surface area (Å²) in [4.78, 5) is 6.94. The Morgan fingerprint density at radius 2 is 2.04 bits per heavy atom. The van der Waals surface area contributed by atoms with Gasteiger partial charge in [-0.15, -0.1) is 0 Å². The standard InChI is InChI=1S/C21H34N4O/c1-15(2)25-12-16(3)19(13-25)24-21(22-4)23-11-18-7-5-6-8-20(18)26-14-17-9-10-17/h5-8,15-17,19H,9-14H2,1-4H3,(H2,22,23,24). The third-order valence-electron chi connectivity index (χ3n) is 5.51. The molecule has 2 atom stereocenters. The number of para-hydroxylation sites is 1. The first kappa shape index (κ1) is 19.0. The number of benzene rings is 1. The van der Waals surface area contributed by atoms with Gasteiger partial charge in [-0.1, -0.05) is 25.1 Å². The first-order valence-corrected chi connectivity index (χ1v) is 9.98. The number of rotatable bonds is 7. The zero-order valence-corrected chi connectivity index (χ0v) is 16.7. The van der Waals surface area contributed by atoms with Crippen LogP contribution < -0.4 is 15.4 Å². The second-order valence-corrected chi connectivity index (χ2v) is 8.06. The summed E-state index contributed by atoms with van der Waals surface area (Å²) in [6.07, 6.45) is 2.62. The third-order valence-corrected chi connectivity index (χ3v) is 5.51. The minimum absolute atomic E-state index is 0.435. The predicted octanol–water partition coefficient (Wildman–Crippen LogP) is 2.87. The number of guanidine groups is 1. The van der Waals surface area contributed by atoms with Crippen molar-refractivity contribution < 1.29 is 4.74 Å². The number of ether oxygens (including phenoxy) is 1. The van der Waals surface area contributed by atoms with E-state index in [-0.39, 0.29) is 0 Å². The third kappa shape index (κ3) is 5.13. The predicted molar refractivity (Wildman–Crippen MR) is 108 cm³/mol. The number of likely N-dealkylation sites (tertiary alicyclic amines) is 1. The van der Waals surface area contributed by atoms with Crippen LogP contribution in [0.5, 0.6) is 5.75 Å². The minimum Gasteiger partial charge on any atom is -0.493 e. The Kier molecular flexibility index (Phi) is 6.41. The first-order valence-electron chi connectivity index (χ1n) is 9.98. The van der Waals surface area contributed by atoms with Crippen molar-refractivity contribution in [3.8, 4) is 5.75 Å². The van der Waals surface area contributed by atoms with Crippen molar-refractivity contribution >= 4 is 5.96 Å². The van der Waals surface area contributed by atoms with Gasteiger partial charge in [-0.25, -0.2) is 0 Å². The Morgan fingerprint density at radius 1 is 1.27 bits per heavy atom. The maximum atomic E-state index is 6.01. The van der Waals surface area contributed by atoms with Gasteiger partial charge in [0, 0.05) is 44.3 Å². The van der Waals surface area contributed by atoms with E-state index in [0.717, 1.165) is 43.9 Å². The van der Waals surface area contributed by atoms with E-state index in [1.807, 2.05) is 13.1 Å². The molecule has 0 bridgehead atoms. The molecule has 5 nitrogen and oxygen atoms in total. The van der Waals surface area contributed by atoms with Crippen molar-refractivity contribution in [3.63, 3.8) is 0 Å². The lowest BCUT2D eigenvalue weighted by molar-refractivity contribution is 0.265. The highest BCUT2D eigenvalue weighted by atomic mass is 16.5. The fourth-order valence-electron chi connectivity index (χ4n) is 3.45. The lowest BCUT2D eigenvalue weighted by atomic mass is 10.1. The van der Waals surface area contributed by atoms with Crippen LogP contribution in [0, 0.1) is 11.8 Å². The van der Waals surface area contributed by atoms with Gasteiger partial charge < -0.3 is 15.4 Å². The van der Waals surface area contributed by atoms with Crippen LogP contribution in [0.25, 0.3) is 0 Å². The van der Waals surface area contributed by atoms with Gasteiger partial charge in [0.25, 0.3) is 0 Å². The maximum absolute atomic E-state index is 6.01. The molecule has 0 spiro atoms. The molecule has 3 rings (SSSR count). The largest absolute Gasteiger partial charge is 0.493 e. The van der Waals surface area contributed by atoms with Crippen LogP contribution in [0.15, 0.2) is 29.3 Å². The van der Waals surface area contributed by atoms with Crippen molar-refractivity contribution in [1.29, 1.82) is 0 Å². The normalized spacial score (nSPS) is 24.1. The monoisotopic (exact) mass is 358 g/mol. The lowest BCUT2D eigenvalue weighted by Crippen LogP contribution is -2.46. The van der Waals surface area contributed by atoms with E-state index in [4.69, 9.17) is 4.74 Å². The molecule has 1 saturated carbocycles. The van der Waals surface area contributed by atoms with Crippen LogP contribution in [0.4, 0.5) is 0 Å². The van der Waals surface area contributed by atoms with Crippen molar-refractivity contribution in [2.75, 3.05) is 26.7 Å². The molecular weight excluding hydrogens is 324 g/mol. The van der Waals surface area contributed by atoms with Gasteiger partial charge in [-0.2, -0.15) is 0 Å². The summed E-state index contributed by atoms with van der Waals surface area (Å²) in [6, 6.07) is 9.33. The molecule has 1 aliphatic carbocycles. The van der Waals surface area contributed by atoms with Crippen molar-refractivity contribution in [2.45, 2.75) is 52.2 Å².